The van der Waals surface area contributed by atoms with Crippen molar-refractivity contribution in [3.63, 3.8) is 0 Å². The molecule has 5 heteroatoms. The van der Waals surface area contributed by atoms with E-state index in [0.717, 1.165) is 0 Å². The van der Waals surface area contributed by atoms with Crippen molar-refractivity contribution < 1.29 is 4.39 Å². The number of hydrogen-bond donors (Lipinski definition) is 0. The van der Waals surface area contributed by atoms with Crippen molar-refractivity contribution in [1.82, 2.24) is 0 Å². The molecule has 44 valence electrons. The summed E-state index contributed by atoms with van der Waals surface area (Å²) in [5.41, 5.74) is -1.93. The predicted octanol–water partition coefficient (Wildman–Crippen LogP) is 2.89. The van der Waals surface area contributed by atoms with Crippen LogP contribution in [0.5, 0.6) is 0 Å². The molecular formula is C2HCl4F. The Morgan fingerprint density at radius 3 is 1.43 bits per heavy atom. The Balaban J connectivity index is 3.54. The molecule has 0 rings (SSSR count). The molecule has 0 radical (unpaired) electrons. The summed E-state index contributed by atoms with van der Waals surface area (Å²) < 4.78 is 9.59. The van der Waals surface area contributed by atoms with Crippen molar-refractivity contribution in [2.45, 2.75) is 9.42 Å². The van der Waals surface area contributed by atoms with Crippen molar-refractivity contribution in [2.75, 3.05) is 0 Å². The Hall–Kier alpha value is 1.09. The highest BCUT2D eigenvalue weighted by atomic mass is 35.6. The molecule has 0 aromatic carbocycles. The molecular weight excluding hydrogens is 185 g/mol. The minimum absolute atomic E-state index is 1.93. The summed E-state index contributed by atoms with van der Waals surface area (Å²) in [7, 11) is 0. The first-order chi connectivity index (χ1) is 2.94. The van der Waals surface area contributed by atoms with Gasteiger partial charge in [-0.1, -0.05) is 46.4 Å². The topological polar surface area (TPSA) is 0 Å². The molecule has 0 aliphatic heterocycles. The standard InChI is InChI=1S/C2HCl4F/c3-1(7)2(4,5)6/h1H/t1-/m0/s1. The second-order valence-electron chi connectivity index (χ2n) is 0.842. The maximum Gasteiger partial charge on any atom is 0.235 e. The minimum atomic E-state index is -1.98. The van der Waals surface area contributed by atoms with Crippen molar-refractivity contribution in [3.8, 4) is 0 Å². The molecule has 0 aromatic heterocycles. The molecule has 0 aromatic rings. The second-order valence-corrected chi connectivity index (χ2v) is 3.59. The van der Waals surface area contributed by atoms with Gasteiger partial charge in [-0.15, -0.1) is 0 Å². The van der Waals surface area contributed by atoms with Gasteiger partial charge in [0.1, 0.15) is 0 Å². The van der Waals surface area contributed by atoms with E-state index in [0.29, 0.717) is 0 Å². The summed E-state index contributed by atoms with van der Waals surface area (Å²) in [5.74, 6) is 0. The smallest absolute Gasteiger partial charge is 0.225 e. The van der Waals surface area contributed by atoms with Crippen LogP contribution in [-0.4, -0.2) is 9.42 Å². The summed E-state index contributed by atoms with van der Waals surface area (Å²) in [4.78, 5) is 0. The zero-order valence-corrected chi connectivity index (χ0v) is 5.99. The fourth-order valence-electron chi connectivity index (χ4n) is 0. The molecule has 0 unspecified atom stereocenters. The second kappa shape index (κ2) is 2.58. The Kier molecular flexibility index (Phi) is 2.99. The molecule has 0 N–H and O–H groups in total. The molecule has 0 amide bonds. The first-order valence-corrected chi connectivity index (χ1v) is 2.86. The van der Waals surface area contributed by atoms with Crippen LogP contribution in [0, 0.1) is 0 Å². The van der Waals surface area contributed by atoms with Crippen LogP contribution in [-0.2, 0) is 0 Å². The Bertz CT molecular complexity index is 55.2. The highest BCUT2D eigenvalue weighted by Gasteiger charge is 2.30. The van der Waals surface area contributed by atoms with Gasteiger partial charge in [0.25, 0.3) is 0 Å². The van der Waals surface area contributed by atoms with Gasteiger partial charge in [0.2, 0.25) is 9.42 Å². The van der Waals surface area contributed by atoms with Crippen molar-refractivity contribution >= 4 is 46.4 Å². The zero-order valence-electron chi connectivity index (χ0n) is 2.97. The summed E-state index contributed by atoms with van der Waals surface area (Å²) >= 11 is 19.4. The number of hydrogen-bond acceptors (Lipinski definition) is 0. The minimum Gasteiger partial charge on any atom is -0.225 e. The number of alkyl halides is 5. The molecule has 0 heterocycles. The van der Waals surface area contributed by atoms with E-state index < -0.39 is 9.42 Å². The quantitative estimate of drug-likeness (QED) is 0.510. The molecule has 0 bridgehead atoms. The largest absolute Gasteiger partial charge is 0.235 e. The van der Waals surface area contributed by atoms with Crippen LogP contribution < -0.4 is 0 Å². The third kappa shape index (κ3) is 3.65. The van der Waals surface area contributed by atoms with E-state index in [1.807, 2.05) is 0 Å². The zero-order chi connectivity index (χ0) is 6.08. The lowest BCUT2D eigenvalue weighted by molar-refractivity contribution is 0.450. The van der Waals surface area contributed by atoms with E-state index in [9.17, 15) is 4.39 Å². The molecule has 1 atom stereocenters. The lowest BCUT2D eigenvalue weighted by atomic mass is 10.9. The lowest BCUT2D eigenvalue weighted by Gasteiger charge is -2.07. The molecule has 0 saturated heterocycles. The first-order valence-electron chi connectivity index (χ1n) is 1.29. The third-order valence-electron chi connectivity index (χ3n) is 0.247. The average molecular weight is 186 g/mol. The molecule has 0 fully saturated rings. The van der Waals surface area contributed by atoms with Crippen LogP contribution in [0.4, 0.5) is 4.39 Å². The van der Waals surface area contributed by atoms with E-state index in [2.05, 4.69) is 0 Å². The van der Waals surface area contributed by atoms with E-state index in [1.165, 1.54) is 0 Å². The van der Waals surface area contributed by atoms with Gasteiger partial charge >= 0.3 is 0 Å². The predicted molar refractivity (Wildman–Crippen MR) is 31.0 cm³/mol. The Morgan fingerprint density at radius 2 is 1.43 bits per heavy atom. The molecule has 0 aliphatic carbocycles. The summed E-state index contributed by atoms with van der Waals surface area (Å²) in [5, 5.41) is 0. The van der Waals surface area contributed by atoms with Gasteiger partial charge in [0.05, 0.1) is 0 Å². The van der Waals surface area contributed by atoms with Crippen LogP contribution in [0.2, 0.25) is 0 Å². The fourth-order valence-corrected chi connectivity index (χ4v) is 0. The first kappa shape index (κ1) is 8.09. The maximum atomic E-state index is 11.6. The van der Waals surface area contributed by atoms with Crippen LogP contribution >= 0.6 is 46.4 Å². The Labute approximate surface area is 60.5 Å². The van der Waals surface area contributed by atoms with E-state index in [1.54, 1.807) is 0 Å². The molecule has 0 spiro atoms. The van der Waals surface area contributed by atoms with Crippen LogP contribution in [0.25, 0.3) is 0 Å². The summed E-state index contributed by atoms with van der Waals surface area (Å²) in [6.07, 6.45) is 0. The summed E-state index contributed by atoms with van der Waals surface area (Å²) in [6, 6.07) is 0. The van der Waals surface area contributed by atoms with Gasteiger partial charge in [0.15, 0.2) is 0 Å². The third-order valence-corrected chi connectivity index (χ3v) is 1.48. The van der Waals surface area contributed by atoms with Gasteiger partial charge in [-0.05, 0) is 0 Å². The maximum absolute atomic E-state index is 11.6. The number of halogens is 5. The average Bonchev–Trinajstić information content (AvgIpc) is 1.31. The molecule has 7 heavy (non-hydrogen) atoms. The van der Waals surface area contributed by atoms with E-state index >= 15 is 0 Å². The van der Waals surface area contributed by atoms with Gasteiger partial charge in [-0.3, -0.25) is 0 Å². The van der Waals surface area contributed by atoms with Crippen LogP contribution in [0.15, 0.2) is 0 Å². The highest BCUT2D eigenvalue weighted by Crippen LogP contribution is 2.34. The monoisotopic (exact) mass is 184 g/mol. The lowest BCUT2D eigenvalue weighted by Crippen LogP contribution is -2.12. The van der Waals surface area contributed by atoms with Gasteiger partial charge < -0.3 is 0 Å². The van der Waals surface area contributed by atoms with Gasteiger partial charge in [-0.25, -0.2) is 4.39 Å². The summed E-state index contributed by atoms with van der Waals surface area (Å²) in [6.45, 7) is 0. The normalized spacial score (nSPS) is 16.7. The van der Waals surface area contributed by atoms with Crippen LogP contribution in [0.1, 0.15) is 0 Å². The van der Waals surface area contributed by atoms with Gasteiger partial charge in [0, 0.05) is 0 Å². The number of rotatable bonds is 0. The fraction of sp³-hybridized carbons (Fsp3) is 1.00. The van der Waals surface area contributed by atoms with Crippen molar-refractivity contribution in [3.05, 3.63) is 0 Å². The molecule has 0 nitrogen and oxygen atoms in total. The van der Waals surface area contributed by atoms with E-state index in [4.69, 9.17) is 46.4 Å². The SMILES string of the molecule is F[C@H](Cl)C(Cl)(Cl)Cl. The van der Waals surface area contributed by atoms with Gasteiger partial charge in [-0.2, -0.15) is 0 Å². The van der Waals surface area contributed by atoms with E-state index in [-0.39, 0.29) is 0 Å². The van der Waals surface area contributed by atoms with Crippen molar-refractivity contribution in [1.29, 1.82) is 0 Å². The van der Waals surface area contributed by atoms with Crippen molar-refractivity contribution in [2.24, 2.45) is 0 Å². The van der Waals surface area contributed by atoms with Crippen LogP contribution in [0.3, 0.4) is 0 Å². The molecule has 0 saturated carbocycles. The molecule has 0 aliphatic rings. The Morgan fingerprint density at radius 1 is 1.29 bits per heavy atom. The highest BCUT2D eigenvalue weighted by molar-refractivity contribution is 6.70.